The number of hydrogen-bond donors (Lipinski definition) is 1. The van der Waals surface area contributed by atoms with Crippen molar-refractivity contribution in [2.45, 2.75) is 17.7 Å². The van der Waals surface area contributed by atoms with E-state index in [0.29, 0.717) is 28.0 Å². The minimum atomic E-state index is -3.85. The van der Waals surface area contributed by atoms with E-state index in [1.165, 1.54) is 10.2 Å². The highest BCUT2D eigenvalue weighted by molar-refractivity contribution is 14.1. The largest absolute Gasteiger partial charge is 0.481 e. The van der Waals surface area contributed by atoms with E-state index in [1.54, 1.807) is 36.4 Å². The number of carboxylic acid groups (broad SMARTS) is 1. The van der Waals surface area contributed by atoms with Crippen LogP contribution in [0.1, 0.15) is 12.0 Å². The molecule has 0 saturated heterocycles. The van der Waals surface area contributed by atoms with Crippen LogP contribution in [-0.2, 0) is 21.2 Å². The van der Waals surface area contributed by atoms with E-state index in [2.05, 4.69) is 22.6 Å². The maximum Gasteiger partial charge on any atom is 0.303 e. The highest BCUT2D eigenvalue weighted by atomic mass is 127. The van der Waals surface area contributed by atoms with Gasteiger partial charge < -0.3 is 14.6 Å². The summed E-state index contributed by atoms with van der Waals surface area (Å²) in [5.74, 6) is 0.0325. The third-order valence-electron chi connectivity index (χ3n) is 4.33. The molecule has 0 amide bonds. The summed E-state index contributed by atoms with van der Waals surface area (Å²) in [5.41, 5.74) is 1.05. The van der Waals surface area contributed by atoms with Crippen LogP contribution < -0.4 is 9.47 Å². The summed E-state index contributed by atoms with van der Waals surface area (Å²) in [4.78, 5) is 11.1. The van der Waals surface area contributed by atoms with Gasteiger partial charge >= 0.3 is 5.97 Å². The van der Waals surface area contributed by atoms with Crippen molar-refractivity contribution in [2.75, 3.05) is 6.79 Å². The van der Waals surface area contributed by atoms with Gasteiger partial charge in [0, 0.05) is 27.6 Å². The Morgan fingerprint density at radius 2 is 1.81 bits per heavy atom. The van der Waals surface area contributed by atoms with E-state index in [4.69, 9.17) is 14.6 Å². The predicted molar refractivity (Wildman–Crippen MR) is 106 cm³/mol. The van der Waals surface area contributed by atoms with Crippen LogP contribution in [-0.4, -0.2) is 30.3 Å². The van der Waals surface area contributed by atoms with Crippen molar-refractivity contribution < 1.29 is 27.8 Å². The van der Waals surface area contributed by atoms with Crippen LogP contribution in [0.3, 0.4) is 0 Å². The molecule has 9 heteroatoms. The van der Waals surface area contributed by atoms with Gasteiger partial charge in [-0.05, 0) is 64.9 Å². The minimum Gasteiger partial charge on any atom is -0.481 e. The van der Waals surface area contributed by atoms with Gasteiger partial charge in [0.05, 0.1) is 10.4 Å². The Labute approximate surface area is 168 Å². The molecule has 0 radical (unpaired) electrons. The molecule has 4 rings (SSSR count). The molecule has 3 aromatic rings. The fourth-order valence-corrected chi connectivity index (χ4v) is 4.75. The molecule has 1 N–H and O–H groups in total. The molecule has 0 bridgehead atoms. The van der Waals surface area contributed by atoms with Crippen molar-refractivity contribution in [1.29, 1.82) is 0 Å². The van der Waals surface area contributed by atoms with Crippen LogP contribution in [0.4, 0.5) is 0 Å². The second-order valence-electron chi connectivity index (χ2n) is 6.03. The molecule has 0 unspecified atom stereocenters. The minimum absolute atomic E-state index is 0.0657. The van der Waals surface area contributed by atoms with Gasteiger partial charge in [0.2, 0.25) is 6.79 Å². The average Bonchev–Trinajstić information content (AvgIpc) is 3.22. The van der Waals surface area contributed by atoms with Gasteiger partial charge in [0.25, 0.3) is 10.0 Å². The molecule has 7 nitrogen and oxygen atoms in total. The Kier molecular flexibility index (Phi) is 4.50. The number of rotatable bonds is 5. The Hall–Kier alpha value is -2.27. The van der Waals surface area contributed by atoms with Crippen molar-refractivity contribution in [3.63, 3.8) is 0 Å². The van der Waals surface area contributed by atoms with Crippen LogP contribution in [0.2, 0.25) is 0 Å². The average molecular weight is 499 g/mol. The van der Waals surface area contributed by atoms with Gasteiger partial charge in [-0.3, -0.25) is 4.79 Å². The first-order valence-electron chi connectivity index (χ1n) is 8.03. The maximum atomic E-state index is 13.2. The van der Waals surface area contributed by atoms with Crippen molar-refractivity contribution >= 4 is 49.5 Å². The summed E-state index contributed by atoms with van der Waals surface area (Å²) >= 11 is 2.11. The number of aryl methyl sites for hydroxylation is 1. The van der Waals surface area contributed by atoms with E-state index in [-0.39, 0.29) is 24.5 Å². The molecule has 2 aromatic carbocycles. The Bertz CT molecular complexity index is 1150. The molecule has 0 aliphatic carbocycles. The quantitative estimate of drug-likeness (QED) is 0.542. The maximum absolute atomic E-state index is 13.2. The van der Waals surface area contributed by atoms with Crippen LogP contribution >= 0.6 is 22.6 Å². The van der Waals surface area contributed by atoms with Gasteiger partial charge in [-0.1, -0.05) is 0 Å². The number of aliphatic carboxylic acids is 1. The SMILES string of the molecule is O=C(O)CCc1cn(S(=O)(=O)c2ccc(I)cc2)c2cc3c(cc12)OCO3. The molecule has 0 spiro atoms. The number of ether oxygens (including phenoxy) is 2. The fraction of sp³-hybridized carbons (Fsp3) is 0.167. The van der Waals surface area contributed by atoms with E-state index in [1.807, 2.05) is 0 Å². The van der Waals surface area contributed by atoms with Crippen LogP contribution in [0, 0.1) is 3.57 Å². The molecule has 0 atom stereocenters. The number of carboxylic acids is 1. The Morgan fingerprint density at radius 1 is 1.15 bits per heavy atom. The lowest BCUT2D eigenvalue weighted by molar-refractivity contribution is -0.136. The first-order chi connectivity index (χ1) is 12.9. The second-order valence-corrected chi connectivity index (χ2v) is 9.09. The fourth-order valence-electron chi connectivity index (χ4n) is 3.01. The highest BCUT2D eigenvalue weighted by Gasteiger charge is 2.25. The van der Waals surface area contributed by atoms with Gasteiger partial charge in [-0.15, -0.1) is 0 Å². The molecule has 0 saturated carbocycles. The smallest absolute Gasteiger partial charge is 0.303 e. The first-order valence-corrected chi connectivity index (χ1v) is 10.5. The third-order valence-corrected chi connectivity index (χ3v) is 6.73. The summed E-state index contributed by atoms with van der Waals surface area (Å²) in [5, 5.41) is 9.64. The van der Waals surface area contributed by atoms with Crippen LogP contribution in [0.25, 0.3) is 10.9 Å². The summed E-state index contributed by atoms with van der Waals surface area (Å²) in [7, 11) is -3.85. The molecular weight excluding hydrogens is 485 g/mol. The van der Waals surface area contributed by atoms with Crippen molar-refractivity contribution in [3.8, 4) is 11.5 Å². The predicted octanol–water partition coefficient (Wildman–Crippen LogP) is 3.23. The monoisotopic (exact) mass is 499 g/mol. The highest BCUT2D eigenvalue weighted by Crippen LogP contribution is 2.39. The number of hydrogen-bond acceptors (Lipinski definition) is 5. The zero-order valence-electron chi connectivity index (χ0n) is 13.9. The number of nitrogens with zero attached hydrogens (tertiary/aromatic N) is 1. The lowest BCUT2D eigenvalue weighted by Crippen LogP contribution is -2.12. The normalized spacial score (nSPS) is 13.2. The second kappa shape index (κ2) is 6.71. The number of aromatic nitrogens is 1. The van der Waals surface area contributed by atoms with Gasteiger partial charge in [-0.25, -0.2) is 12.4 Å². The van der Waals surface area contributed by atoms with E-state index >= 15 is 0 Å². The van der Waals surface area contributed by atoms with Crippen LogP contribution in [0.5, 0.6) is 11.5 Å². The molecular formula is C18H14INO6S. The summed E-state index contributed by atoms with van der Waals surface area (Å²) in [6.07, 6.45) is 1.59. The molecule has 27 heavy (non-hydrogen) atoms. The van der Waals surface area contributed by atoms with E-state index < -0.39 is 16.0 Å². The molecule has 140 valence electrons. The van der Waals surface area contributed by atoms with Crippen molar-refractivity contribution in [3.05, 3.63) is 51.7 Å². The lowest BCUT2D eigenvalue weighted by atomic mass is 10.1. The molecule has 2 heterocycles. The lowest BCUT2D eigenvalue weighted by Gasteiger charge is -2.08. The zero-order valence-corrected chi connectivity index (χ0v) is 16.9. The van der Waals surface area contributed by atoms with Crippen molar-refractivity contribution in [2.24, 2.45) is 0 Å². The summed E-state index contributed by atoms with van der Waals surface area (Å²) in [6.45, 7) is 0.0657. The summed E-state index contributed by atoms with van der Waals surface area (Å²) < 4.78 is 39.2. The van der Waals surface area contributed by atoms with Gasteiger partial charge in [-0.2, -0.15) is 0 Å². The zero-order chi connectivity index (χ0) is 19.2. The van der Waals surface area contributed by atoms with E-state index in [0.717, 1.165) is 3.57 Å². The summed E-state index contributed by atoms with van der Waals surface area (Å²) in [6, 6.07) is 9.86. The molecule has 0 fully saturated rings. The van der Waals surface area contributed by atoms with Gasteiger partial charge in [0.1, 0.15) is 0 Å². The topological polar surface area (TPSA) is 94.8 Å². The number of benzene rings is 2. The molecule has 1 aliphatic rings. The first kappa shape index (κ1) is 18.1. The van der Waals surface area contributed by atoms with E-state index in [9.17, 15) is 13.2 Å². The third kappa shape index (κ3) is 3.25. The Morgan fingerprint density at radius 3 is 2.48 bits per heavy atom. The molecule has 1 aliphatic heterocycles. The number of halogens is 1. The number of fused-ring (bicyclic) bond motifs is 2. The van der Waals surface area contributed by atoms with Gasteiger partial charge in [0.15, 0.2) is 11.5 Å². The van der Waals surface area contributed by atoms with Crippen molar-refractivity contribution in [1.82, 2.24) is 3.97 Å². The molecule has 1 aromatic heterocycles. The Balaban J connectivity index is 1.91. The standard InChI is InChI=1S/C18H14INO6S/c19-12-2-4-13(5-3-12)27(23,24)20-9-11(1-6-18(21)22)14-7-16-17(8-15(14)20)26-10-25-16/h2-5,7-9H,1,6,10H2,(H,21,22). The van der Waals surface area contributed by atoms with Crippen LogP contribution in [0.15, 0.2) is 47.5 Å². The number of carbonyl (C=O) groups is 1.